The molecule has 0 N–H and O–H groups in total. The van der Waals surface area contributed by atoms with Crippen molar-refractivity contribution in [1.82, 2.24) is 0 Å². The van der Waals surface area contributed by atoms with Gasteiger partial charge in [0.15, 0.2) is 0 Å². The van der Waals surface area contributed by atoms with Crippen LogP contribution in [0.2, 0.25) is 0 Å². The SMILES string of the molecule is COc1cc(C(C)C)ccc1N1CCC(C)C1. The highest BCUT2D eigenvalue weighted by Crippen LogP contribution is 2.34. The van der Waals surface area contributed by atoms with Crippen molar-refractivity contribution in [3.63, 3.8) is 0 Å². The van der Waals surface area contributed by atoms with Crippen LogP contribution in [0.1, 0.15) is 38.7 Å². The van der Waals surface area contributed by atoms with E-state index in [2.05, 4.69) is 43.9 Å². The van der Waals surface area contributed by atoms with E-state index in [0.29, 0.717) is 5.92 Å². The lowest BCUT2D eigenvalue weighted by atomic mass is 10.0. The molecule has 0 amide bonds. The van der Waals surface area contributed by atoms with Gasteiger partial charge in [0.05, 0.1) is 12.8 Å². The molecule has 0 aliphatic carbocycles. The molecule has 0 aromatic heterocycles. The molecule has 17 heavy (non-hydrogen) atoms. The highest BCUT2D eigenvalue weighted by atomic mass is 16.5. The quantitative estimate of drug-likeness (QED) is 0.790. The van der Waals surface area contributed by atoms with Gasteiger partial charge in [-0.1, -0.05) is 26.8 Å². The Labute approximate surface area is 105 Å². The van der Waals surface area contributed by atoms with Gasteiger partial charge >= 0.3 is 0 Å². The van der Waals surface area contributed by atoms with Gasteiger partial charge in [0.25, 0.3) is 0 Å². The van der Waals surface area contributed by atoms with E-state index in [1.165, 1.54) is 17.7 Å². The summed E-state index contributed by atoms with van der Waals surface area (Å²) in [4.78, 5) is 2.44. The molecular weight excluding hydrogens is 210 g/mol. The van der Waals surface area contributed by atoms with E-state index in [9.17, 15) is 0 Å². The van der Waals surface area contributed by atoms with Crippen molar-refractivity contribution < 1.29 is 4.74 Å². The summed E-state index contributed by atoms with van der Waals surface area (Å²) in [5, 5.41) is 0. The lowest BCUT2D eigenvalue weighted by molar-refractivity contribution is 0.414. The summed E-state index contributed by atoms with van der Waals surface area (Å²) in [6, 6.07) is 6.63. The van der Waals surface area contributed by atoms with Gasteiger partial charge in [-0.3, -0.25) is 0 Å². The molecule has 2 heteroatoms. The molecule has 1 saturated heterocycles. The summed E-state index contributed by atoms with van der Waals surface area (Å²) >= 11 is 0. The minimum atomic E-state index is 0.551. The fraction of sp³-hybridized carbons (Fsp3) is 0.600. The molecule has 1 aromatic carbocycles. The Kier molecular flexibility index (Phi) is 3.60. The Morgan fingerprint density at radius 3 is 2.65 bits per heavy atom. The van der Waals surface area contributed by atoms with Crippen LogP contribution in [0.3, 0.4) is 0 Å². The molecule has 2 rings (SSSR count). The Morgan fingerprint density at radius 2 is 2.12 bits per heavy atom. The molecule has 1 atom stereocenters. The minimum absolute atomic E-state index is 0.551. The molecule has 1 aliphatic rings. The summed E-state index contributed by atoms with van der Waals surface area (Å²) in [5.41, 5.74) is 2.60. The third kappa shape index (κ3) is 2.56. The van der Waals surface area contributed by atoms with Gasteiger partial charge in [-0.2, -0.15) is 0 Å². The largest absolute Gasteiger partial charge is 0.495 e. The van der Waals surface area contributed by atoms with Gasteiger partial charge < -0.3 is 9.64 Å². The van der Waals surface area contributed by atoms with Crippen LogP contribution in [0.5, 0.6) is 5.75 Å². The molecule has 0 saturated carbocycles. The molecule has 1 heterocycles. The normalized spacial score (nSPS) is 20.1. The number of methoxy groups -OCH3 is 1. The van der Waals surface area contributed by atoms with Gasteiger partial charge in [0.2, 0.25) is 0 Å². The Balaban J connectivity index is 2.28. The van der Waals surface area contributed by atoms with Crippen LogP contribution in [-0.4, -0.2) is 20.2 Å². The van der Waals surface area contributed by atoms with Crippen LogP contribution in [0.15, 0.2) is 18.2 Å². The number of rotatable bonds is 3. The second-order valence-electron chi connectivity index (χ2n) is 5.43. The molecule has 0 radical (unpaired) electrons. The zero-order chi connectivity index (χ0) is 12.4. The molecule has 1 fully saturated rings. The maximum absolute atomic E-state index is 5.54. The van der Waals surface area contributed by atoms with Crippen LogP contribution in [0, 0.1) is 5.92 Å². The number of hydrogen-bond acceptors (Lipinski definition) is 2. The number of hydrogen-bond donors (Lipinski definition) is 0. The van der Waals surface area contributed by atoms with Crippen LogP contribution in [0.4, 0.5) is 5.69 Å². The van der Waals surface area contributed by atoms with Gasteiger partial charge in [-0.25, -0.2) is 0 Å². The van der Waals surface area contributed by atoms with Crippen molar-refractivity contribution in [2.24, 2.45) is 5.92 Å². The van der Waals surface area contributed by atoms with Crippen LogP contribution in [0.25, 0.3) is 0 Å². The standard InChI is InChI=1S/C15H23NO/c1-11(2)13-5-6-14(15(9-13)17-4)16-8-7-12(3)10-16/h5-6,9,11-12H,7-8,10H2,1-4H3. The third-order valence-electron chi connectivity index (χ3n) is 3.64. The highest BCUT2D eigenvalue weighted by Gasteiger charge is 2.21. The molecule has 0 spiro atoms. The van der Waals surface area contributed by atoms with Crippen molar-refractivity contribution in [2.45, 2.75) is 33.1 Å². The fourth-order valence-electron chi connectivity index (χ4n) is 2.47. The summed E-state index contributed by atoms with van der Waals surface area (Å²) in [7, 11) is 1.77. The zero-order valence-electron chi connectivity index (χ0n) is 11.4. The highest BCUT2D eigenvalue weighted by molar-refractivity contribution is 5.60. The molecule has 1 unspecified atom stereocenters. The van der Waals surface area contributed by atoms with Crippen molar-refractivity contribution in [3.05, 3.63) is 23.8 Å². The van der Waals surface area contributed by atoms with E-state index in [1.807, 2.05) is 0 Å². The average Bonchev–Trinajstić information content (AvgIpc) is 2.74. The van der Waals surface area contributed by atoms with Crippen molar-refractivity contribution >= 4 is 5.69 Å². The monoisotopic (exact) mass is 233 g/mol. The molecule has 1 aliphatic heterocycles. The predicted molar refractivity (Wildman–Crippen MR) is 73.1 cm³/mol. The van der Waals surface area contributed by atoms with E-state index in [-0.39, 0.29) is 0 Å². The first-order valence-electron chi connectivity index (χ1n) is 6.54. The van der Waals surface area contributed by atoms with Gasteiger partial charge in [-0.05, 0) is 36.0 Å². The second kappa shape index (κ2) is 4.99. The van der Waals surface area contributed by atoms with Crippen LogP contribution >= 0.6 is 0 Å². The maximum atomic E-state index is 5.54. The third-order valence-corrected chi connectivity index (χ3v) is 3.64. The minimum Gasteiger partial charge on any atom is -0.495 e. The lowest BCUT2D eigenvalue weighted by Gasteiger charge is -2.22. The Hall–Kier alpha value is -1.18. The molecule has 1 aromatic rings. The first-order chi connectivity index (χ1) is 8.11. The topological polar surface area (TPSA) is 12.5 Å². The van der Waals surface area contributed by atoms with Gasteiger partial charge in [0, 0.05) is 13.1 Å². The van der Waals surface area contributed by atoms with E-state index >= 15 is 0 Å². The maximum Gasteiger partial charge on any atom is 0.142 e. The van der Waals surface area contributed by atoms with E-state index < -0.39 is 0 Å². The van der Waals surface area contributed by atoms with Crippen molar-refractivity contribution in [2.75, 3.05) is 25.1 Å². The number of benzene rings is 1. The average molecular weight is 233 g/mol. The van der Waals surface area contributed by atoms with E-state index in [4.69, 9.17) is 4.74 Å². The lowest BCUT2D eigenvalue weighted by Crippen LogP contribution is -2.19. The molecule has 2 nitrogen and oxygen atoms in total. The van der Waals surface area contributed by atoms with E-state index in [1.54, 1.807) is 7.11 Å². The fourth-order valence-corrected chi connectivity index (χ4v) is 2.47. The molecular formula is C15H23NO. The molecule has 94 valence electrons. The van der Waals surface area contributed by atoms with Gasteiger partial charge in [-0.15, -0.1) is 0 Å². The van der Waals surface area contributed by atoms with Crippen molar-refractivity contribution in [3.8, 4) is 5.75 Å². The summed E-state index contributed by atoms with van der Waals surface area (Å²) < 4.78 is 5.54. The molecule has 0 bridgehead atoms. The zero-order valence-corrected chi connectivity index (χ0v) is 11.4. The summed E-state index contributed by atoms with van der Waals surface area (Å²) in [6.45, 7) is 9.05. The number of anilines is 1. The number of ether oxygens (including phenoxy) is 1. The predicted octanol–water partition coefficient (Wildman–Crippen LogP) is 3.66. The first-order valence-corrected chi connectivity index (χ1v) is 6.54. The Morgan fingerprint density at radius 1 is 1.35 bits per heavy atom. The summed E-state index contributed by atoms with van der Waals surface area (Å²) in [6.07, 6.45) is 1.29. The van der Waals surface area contributed by atoms with Crippen LogP contribution < -0.4 is 9.64 Å². The first kappa shape index (κ1) is 12.3. The van der Waals surface area contributed by atoms with Gasteiger partial charge in [0.1, 0.15) is 5.75 Å². The smallest absolute Gasteiger partial charge is 0.142 e. The van der Waals surface area contributed by atoms with Crippen molar-refractivity contribution in [1.29, 1.82) is 0 Å². The second-order valence-corrected chi connectivity index (χ2v) is 5.43. The number of nitrogens with zero attached hydrogens (tertiary/aromatic N) is 1. The summed E-state index contributed by atoms with van der Waals surface area (Å²) in [5.74, 6) is 2.37. The Bertz CT molecular complexity index is 387. The van der Waals surface area contributed by atoms with Crippen LogP contribution in [-0.2, 0) is 0 Å². The van der Waals surface area contributed by atoms with E-state index in [0.717, 1.165) is 24.8 Å².